The van der Waals surface area contributed by atoms with E-state index in [0.717, 1.165) is 0 Å². The Morgan fingerprint density at radius 2 is 2.33 bits per heavy atom. The van der Waals surface area contributed by atoms with Crippen LogP contribution in [0.4, 0.5) is 10.5 Å². The predicted octanol–water partition coefficient (Wildman–Crippen LogP) is 1.87. The van der Waals surface area contributed by atoms with Gasteiger partial charge in [0, 0.05) is 23.3 Å². The van der Waals surface area contributed by atoms with Crippen LogP contribution in [0.15, 0.2) is 35.2 Å². The molecule has 2 N–H and O–H groups in total. The van der Waals surface area contributed by atoms with Gasteiger partial charge in [-0.15, -0.1) is 0 Å². The molecule has 8 heteroatoms. The molecule has 1 heterocycles. The summed E-state index contributed by atoms with van der Waals surface area (Å²) in [5.74, 6) is 5.69. The standard InChI is InChI=1S/C13H9N3O5/c17-13(18)15-5-1-2-9-3-4-10(16(19)20)6-11(9)12-7-14-8-21-12/h3-4,6-8,15H,5H2,(H,17,18). The molecule has 0 saturated carbocycles. The SMILES string of the molecule is O=C(O)NCC#Cc1ccc([N+](=O)[O-])cc1-c1cnco1. The summed E-state index contributed by atoms with van der Waals surface area (Å²) in [6, 6.07) is 4.12. The largest absolute Gasteiger partial charge is 0.465 e. The Bertz CT molecular complexity index is 728. The van der Waals surface area contributed by atoms with Crippen molar-refractivity contribution in [1.82, 2.24) is 10.3 Å². The summed E-state index contributed by atoms with van der Waals surface area (Å²) >= 11 is 0. The topological polar surface area (TPSA) is 118 Å². The quantitative estimate of drug-likeness (QED) is 0.505. The molecule has 0 aliphatic heterocycles. The first-order valence-electron chi connectivity index (χ1n) is 5.71. The monoisotopic (exact) mass is 287 g/mol. The molecule has 0 aliphatic rings. The Morgan fingerprint density at radius 3 is 2.95 bits per heavy atom. The van der Waals surface area contributed by atoms with Gasteiger partial charge < -0.3 is 14.8 Å². The summed E-state index contributed by atoms with van der Waals surface area (Å²) in [5, 5.41) is 21.4. The lowest BCUT2D eigenvalue weighted by molar-refractivity contribution is -0.384. The van der Waals surface area contributed by atoms with Gasteiger partial charge in [0.25, 0.3) is 5.69 Å². The lowest BCUT2D eigenvalue weighted by Crippen LogP contribution is -2.20. The Kier molecular flexibility index (Phi) is 4.16. The molecule has 8 nitrogen and oxygen atoms in total. The second-order valence-electron chi connectivity index (χ2n) is 3.81. The van der Waals surface area contributed by atoms with Crippen LogP contribution in [0.3, 0.4) is 0 Å². The average molecular weight is 287 g/mol. The molecule has 106 valence electrons. The fourth-order valence-corrected chi connectivity index (χ4v) is 1.57. The van der Waals surface area contributed by atoms with Gasteiger partial charge in [-0.1, -0.05) is 11.8 Å². The molecule has 2 aromatic rings. The molecule has 0 aliphatic carbocycles. The van der Waals surface area contributed by atoms with Gasteiger partial charge in [0.15, 0.2) is 12.2 Å². The van der Waals surface area contributed by atoms with Crippen LogP contribution >= 0.6 is 0 Å². The van der Waals surface area contributed by atoms with Crippen molar-refractivity contribution in [2.75, 3.05) is 6.54 Å². The number of carboxylic acid groups (broad SMARTS) is 1. The van der Waals surface area contributed by atoms with Gasteiger partial charge in [-0.25, -0.2) is 9.78 Å². The maximum atomic E-state index is 10.8. The molecule has 21 heavy (non-hydrogen) atoms. The van der Waals surface area contributed by atoms with Crippen LogP contribution in [0.25, 0.3) is 11.3 Å². The van der Waals surface area contributed by atoms with Crippen molar-refractivity contribution >= 4 is 11.8 Å². The molecule has 0 fully saturated rings. The zero-order valence-electron chi connectivity index (χ0n) is 10.6. The predicted molar refractivity (Wildman–Crippen MR) is 71.5 cm³/mol. The van der Waals surface area contributed by atoms with Crippen molar-refractivity contribution < 1.29 is 19.2 Å². The number of nitrogens with one attached hydrogen (secondary N) is 1. The highest BCUT2D eigenvalue weighted by Crippen LogP contribution is 2.27. The molecule has 0 radical (unpaired) electrons. The summed E-state index contributed by atoms with van der Waals surface area (Å²) in [6.45, 7) is -0.0534. The normalized spacial score (nSPS) is 9.52. The number of nitro groups is 1. The lowest BCUT2D eigenvalue weighted by atomic mass is 10.1. The van der Waals surface area contributed by atoms with Crippen LogP contribution in [-0.4, -0.2) is 27.7 Å². The number of hydrogen-bond acceptors (Lipinski definition) is 5. The van der Waals surface area contributed by atoms with Crippen molar-refractivity contribution in [2.45, 2.75) is 0 Å². The molecule has 1 aromatic carbocycles. The number of amides is 1. The first kappa shape index (κ1) is 14.1. The van der Waals surface area contributed by atoms with Gasteiger partial charge in [0.05, 0.1) is 17.7 Å². The zero-order valence-corrected chi connectivity index (χ0v) is 10.6. The zero-order chi connectivity index (χ0) is 15.2. The van der Waals surface area contributed by atoms with Crippen LogP contribution in [-0.2, 0) is 0 Å². The van der Waals surface area contributed by atoms with Gasteiger partial charge in [-0.3, -0.25) is 10.1 Å². The number of carbonyl (C=O) groups is 1. The Labute approximate surface area is 118 Å². The van der Waals surface area contributed by atoms with E-state index in [1.807, 2.05) is 0 Å². The molecular weight excluding hydrogens is 278 g/mol. The molecule has 2 rings (SSSR count). The highest BCUT2D eigenvalue weighted by atomic mass is 16.6. The molecule has 0 bridgehead atoms. The van der Waals surface area contributed by atoms with Crippen LogP contribution in [0.1, 0.15) is 5.56 Å². The third-order valence-corrected chi connectivity index (χ3v) is 2.46. The average Bonchev–Trinajstić information content (AvgIpc) is 2.97. The number of oxazole rings is 1. The second-order valence-corrected chi connectivity index (χ2v) is 3.81. The summed E-state index contributed by atoms with van der Waals surface area (Å²) in [4.78, 5) is 24.4. The molecular formula is C13H9N3O5. The fourth-order valence-electron chi connectivity index (χ4n) is 1.57. The minimum absolute atomic E-state index is 0.0534. The summed E-state index contributed by atoms with van der Waals surface area (Å²) < 4.78 is 5.13. The highest BCUT2D eigenvalue weighted by Gasteiger charge is 2.13. The smallest absolute Gasteiger partial charge is 0.405 e. The van der Waals surface area contributed by atoms with Crippen molar-refractivity contribution in [1.29, 1.82) is 0 Å². The third-order valence-electron chi connectivity index (χ3n) is 2.46. The summed E-state index contributed by atoms with van der Waals surface area (Å²) in [6.07, 6.45) is 1.44. The molecule has 0 unspecified atom stereocenters. The Hall–Kier alpha value is -3.34. The van der Waals surface area contributed by atoms with E-state index in [0.29, 0.717) is 16.9 Å². The number of benzene rings is 1. The van der Waals surface area contributed by atoms with Gasteiger partial charge in [-0.05, 0) is 6.07 Å². The van der Waals surface area contributed by atoms with Gasteiger partial charge in [-0.2, -0.15) is 0 Å². The van der Waals surface area contributed by atoms with E-state index in [1.54, 1.807) is 0 Å². The van der Waals surface area contributed by atoms with Crippen molar-refractivity contribution in [3.8, 4) is 23.2 Å². The minimum Gasteiger partial charge on any atom is -0.465 e. The van der Waals surface area contributed by atoms with Gasteiger partial charge in [0.2, 0.25) is 0 Å². The van der Waals surface area contributed by atoms with E-state index in [4.69, 9.17) is 9.52 Å². The van der Waals surface area contributed by atoms with Crippen LogP contribution < -0.4 is 5.32 Å². The molecule has 0 spiro atoms. The van der Waals surface area contributed by atoms with Crippen molar-refractivity contribution in [2.24, 2.45) is 0 Å². The van der Waals surface area contributed by atoms with E-state index in [9.17, 15) is 14.9 Å². The number of non-ortho nitro benzene ring substituents is 1. The fraction of sp³-hybridized carbons (Fsp3) is 0.0769. The minimum atomic E-state index is -1.18. The third kappa shape index (κ3) is 3.57. The van der Waals surface area contributed by atoms with Gasteiger partial charge in [0.1, 0.15) is 0 Å². The number of hydrogen-bond donors (Lipinski definition) is 2. The number of aromatic nitrogens is 1. The van der Waals surface area contributed by atoms with E-state index in [1.165, 1.54) is 30.8 Å². The Morgan fingerprint density at radius 1 is 1.52 bits per heavy atom. The molecule has 1 amide bonds. The number of rotatable bonds is 3. The number of nitro benzene ring substituents is 1. The van der Waals surface area contributed by atoms with Gasteiger partial charge >= 0.3 is 6.09 Å². The van der Waals surface area contributed by atoms with Crippen LogP contribution in [0, 0.1) is 22.0 Å². The maximum absolute atomic E-state index is 10.8. The van der Waals surface area contributed by atoms with Crippen molar-refractivity contribution in [3.63, 3.8) is 0 Å². The lowest BCUT2D eigenvalue weighted by Gasteiger charge is -2.01. The first-order valence-corrected chi connectivity index (χ1v) is 5.71. The molecule has 1 aromatic heterocycles. The van der Waals surface area contributed by atoms with E-state index in [-0.39, 0.29) is 12.2 Å². The van der Waals surface area contributed by atoms with E-state index >= 15 is 0 Å². The van der Waals surface area contributed by atoms with Crippen LogP contribution in [0.5, 0.6) is 0 Å². The second kappa shape index (κ2) is 6.21. The molecule has 0 saturated heterocycles. The first-order chi connectivity index (χ1) is 10.1. The molecule has 0 atom stereocenters. The summed E-state index contributed by atoms with van der Waals surface area (Å²) in [5.41, 5.74) is 0.796. The van der Waals surface area contributed by atoms with Crippen LogP contribution in [0.2, 0.25) is 0 Å². The Balaban J connectivity index is 2.36. The maximum Gasteiger partial charge on any atom is 0.405 e. The van der Waals surface area contributed by atoms with E-state index < -0.39 is 11.0 Å². The summed E-state index contributed by atoms with van der Waals surface area (Å²) in [7, 11) is 0. The highest BCUT2D eigenvalue weighted by molar-refractivity contribution is 5.69. The van der Waals surface area contributed by atoms with E-state index in [2.05, 4.69) is 22.1 Å². The number of nitrogens with zero attached hydrogens (tertiary/aromatic N) is 2. The van der Waals surface area contributed by atoms with Crippen molar-refractivity contribution in [3.05, 3.63) is 46.5 Å².